The Hall–Kier alpha value is -0.950. The highest BCUT2D eigenvalue weighted by atomic mass is 32.2. The van der Waals surface area contributed by atoms with Crippen molar-refractivity contribution >= 4 is 31.4 Å². The number of thiophene rings is 1. The fourth-order valence-electron chi connectivity index (χ4n) is 2.66. The number of sulfonamides is 1. The molecule has 1 aliphatic rings. The largest absolute Gasteiger partial charge is 0.391 e. The normalized spacial score (nSPS) is 18.1. The fraction of sp³-hybridized carbons (Fsp3) is 0.429. The van der Waals surface area contributed by atoms with E-state index in [0.717, 1.165) is 24.0 Å². The molecule has 0 aliphatic heterocycles. The monoisotopic (exact) mass is 311 g/mol. The standard InChI is InChI=1S/C14H17NO3S2/c1-14(7-4-8-14)15-20(17,18)13-10-5-2-3-6-11(10)19-12(13)9-16/h2-3,5-6,15-16H,4,7-9H2,1H3. The first-order valence-corrected chi connectivity index (χ1v) is 8.90. The highest BCUT2D eigenvalue weighted by Gasteiger charge is 2.37. The van der Waals surface area contributed by atoms with Crippen LogP contribution in [0.5, 0.6) is 0 Å². The van der Waals surface area contributed by atoms with Crippen molar-refractivity contribution in [2.75, 3.05) is 0 Å². The Morgan fingerprint density at radius 2 is 2.05 bits per heavy atom. The van der Waals surface area contributed by atoms with Crippen molar-refractivity contribution in [2.24, 2.45) is 0 Å². The van der Waals surface area contributed by atoms with Gasteiger partial charge in [-0.2, -0.15) is 0 Å². The molecule has 2 aromatic rings. The Balaban J connectivity index is 2.12. The van der Waals surface area contributed by atoms with Crippen LogP contribution in [0.15, 0.2) is 29.2 Å². The Morgan fingerprint density at radius 3 is 2.65 bits per heavy atom. The molecule has 3 rings (SSSR count). The van der Waals surface area contributed by atoms with Gasteiger partial charge in [-0.1, -0.05) is 18.2 Å². The van der Waals surface area contributed by atoms with Gasteiger partial charge in [-0.3, -0.25) is 0 Å². The lowest BCUT2D eigenvalue weighted by Gasteiger charge is -2.38. The van der Waals surface area contributed by atoms with Crippen LogP contribution in [0, 0.1) is 0 Å². The smallest absolute Gasteiger partial charge is 0.242 e. The maximum Gasteiger partial charge on any atom is 0.242 e. The summed E-state index contributed by atoms with van der Waals surface area (Å²) in [4.78, 5) is 0.746. The number of hydrogen-bond acceptors (Lipinski definition) is 4. The van der Waals surface area contributed by atoms with Crippen LogP contribution < -0.4 is 4.72 Å². The number of aliphatic hydroxyl groups excluding tert-OH is 1. The Kier molecular flexibility index (Phi) is 3.36. The molecular weight excluding hydrogens is 294 g/mol. The van der Waals surface area contributed by atoms with Gasteiger partial charge in [0, 0.05) is 15.6 Å². The van der Waals surface area contributed by atoms with Crippen LogP contribution in [-0.2, 0) is 16.6 Å². The Labute approximate surface area is 122 Å². The molecule has 0 spiro atoms. The molecule has 108 valence electrons. The first kappa shape index (κ1) is 14.0. The second-order valence-corrected chi connectivity index (χ2v) is 8.28. The molecule has 1 aromatic heterocycles. The molecule has 1 heterocycles. The van der Waals surface area contributed by atoms with Gasteiger partial charge in [0.2, 0.25) is 10.0 Å². The minimum atomic E-state index is -3.60. The van der Waals surface area contributed by atoms with Crippen LogP contribution in [0.3, 0.4) is 0 Å². The number of fused-ring (bicyclic) bond motifs is 1. The molecule has 6 heteroatoms. The van der Waals surface area contributed by atoms with E-state index in [9.17, 15) is 13.5 Å². The molecule has 1 aliphatic carbocycles. The van der Waals surface area contributed by atoms with Crippen LogP contribution >= 0.6 is 11.3 Å². The number of hydrogen-bond donors (Lipinski definition) is 2. The summed E-state index contributed by atoms with van der Waals surface area (Å²) >= 11 is 1.33. The third kappa shape index (κ3) is 2.26. The Morgan fingerprint density at radius 1 is 1.35 bits per heavy atom. The maximum absolute atomic E-state index is 12.7. The SMILES string of the molecule is CC1(NS(=O)(=O)c2c(CO)sc3ccccc23)CCC1. The molecule has 1 saturated carbocycles. The van der Waals surface area contributed by atoms with Crippen molar-refractivity contribution in [1.82, 2.24) is 4.72 Å². The molecular formula is C14H17NO3S2. The predicted molar refractivity (Wildman–Crippen MR) is 80.3 cm³/mol. The molecule has 0 saturated heterocycles. The lowest BCUT2D eigenvalue weighted by atomic mass is 9.80. The Bertz CT molecular complexity index is 745. The van der Waals surface area contributed by atoms with Crippen LogP contribution in [0.2, 0.25) is 0 Å². The van der Waals surface area contributed by atoms with Gasteiger partial charge in [0.25, 0.3) is 0 Å². The summed E-state index contributed by atoms with van der Waals surface area (Å²) in [5, 5.41) is 10.2. The lowest BCUT2D eigenvalue weighted by molar-refractivity contribution is 0.247. The predicted octanol–water partition coefficient (Wildman–Crippen LogP) is 2.61. The average Bonchev–Trinajstić information content (AvgIpc) is 2.75. The zero-order chi connectivity index (χ0) is 14.4. The summed E-state index contributed by atoms with van der Waals surface area (Å²) in [6, 6.07) is 7.36. The van der Waals surface area contributed by atoms with Gasteiger partial charge in [0.15, 0.2) is 0 Å². The van der Waals surface area contributed by atoms with E-state index in [1.807, 2.05) is 25.1 Å². The first-order valence-electron chi connectivity index (χ1n) is 6.60. The van der Waals surface area contributed by atoms with Crippen molar-refractivity contribution in [3.8, 4) is 0 Å². The second kappa shape index (κ2) is 4.80. The third-order valence-electron chi connectivity index (χ3n) is 3.87. The highest BCUT2D eigenvalue weighted by Crippen LogP contribution is 2.37. The summed E-state index contributed by atoms with van der Waals surface area (Å²) < 4.78 is 29.1. The molecule has 0 amide bonds. The summed E-state index contributed by atoms with van der Waals surface area (Å²) in [5.41, 5.74) is -0.339. The van der Waals surface area contributed by atoms with Crippen molar-refractivity contribution in [2.45, 2.75) is 43.2 Å². The molecule has 4 nitrogen and oxygen atoms in total. The van der Waals surface area contributed by atoms with Gasteiger partial charge in [-0.15, -0.1) is 11.3 Å². The fourth-order valence-corrected chi connectivity index (χ4v) is 5.92. The number of aliphatic hydroxyl groups is 1. The lowest BCUT2D eigenvalue weighted by Crippen LogP contribution is -2.50. The molecule has 1 aromatic carbocycles. The minimum absolute atomic E-state index is 0.244. The minimum Gasteiger partial charge on any atom is -0.391 e. The molecule has 0 unspecified atom stereocenters. The van der Waals surface area contributed by atoms with Crippen molar-refractivity contribution in [3.05, 3.63) is 29.1 Å². The van der Waals surface area contributed by atoms with Gasteiger partial charge in [-0.25, -0.2) is 13.1 Å². The third-order valence-corrected chi connectivity index (χ3v) is 6.92. The molecule has 0 atom stereocenters. The maximum atomic E-state index is 12.7. The van der Waals surface area contributed by atoms with Gasteiger partial charge < -0.3 is 5.11 Å². The van der Waals surface area contributed by atoms with E-state index >= 15 is 0 Å². The zero-order valence-electron chi connectivity index (χ0n) is 11.2. The molecule has 1 fully saturated rings. The molecule has 2 N–H and O–H groups in total. The van der Waals surface area contributed by atoms with Gasteiger partial charge in [0.05, 0.1) is 11.5 Å². The quantitative estimate of drug-likeness (QED) is 0.912. The highest BCUT2D eigenvalue weighted by molar-refractivity contribution is 7.90. The number of benzene rings is 1. The zero-order valence-corrected chi connectivity index (χ0v) is 12.9. The molecule has 0 bridgehead atoms. The van der Waals surface area contributed by atoms with Crippen LogP contribution in [-0.4, -0.2) is 19.1 Å². The van der Waals surface area contributed by atoms with Gasteiger partial charge in [-0.05, 0) is 32.3 Å². The summed E-state index contributed by atoms with van der Waals surface area (Å²) in [6.07, 6.45) is 2.78. The van der Waals surface area contributed by atoms with E-state index in [1.54, 1.807) is 6.07 Å². The van der Waals surface area contributed by atoms with E-state index in [4.69, 9.17) is 0 Å². The number of nitrogens with one attached hydrogen (secondary N) is 1. The van der Waals surface area contributed by atoms with E-state index in [-0.39, 0.29) is 17.0 Å². The van der Waals surface area contributed by atoms with Crippen LogP contribution in [0.1, 0.15) is 31.1 Å². The van der Waals surface area contributed by atoms with Crippen LogP contribution in [0.4, 0.5) is 0 Å². The van der Waals surface area contributed by atoms with Crippen LogP contribution in [0.25, 0.3) is 10.1 Å². The average molecular weight is 311 g/mol. The van der Waals surface area contributed by atoms with E-state index < -0.39 is 10.0 Å². The van der Waals surface area contributed by atoms with Gasteiger partial charge in [0.1, 0.15) is 4.90 Å². The summed E-state index contributed by atoms with van der Waals surface area (Å²) in [7, 11) is -3.60. The van der Waals surface area contributed by atoms with Crippen molar-refractivity contribution in [3.63, 3.8) is 0 Å². The van der Waals surface area contributed by atoms with E-state index in [2.05, 4.69) is 4.72 Å². The van der Waals surface area contributed by atoms with Gasteiger partial charge >= 0.3 is 0 Å². The number of rotatable bonds is 4. The topological polar surface area (TPSA) is 66.4 Å². The summed E-state index contributed by atoms with van der Waals surface area (Å²) in [6.45, 7) is 1.67. The molecule has 0 radical (unpaired) electrons. The van der Waals surface area contributed by atoms with E-state index in [1.165, 1.54) is 11.3 Å². The summed E-state index contributed by atoms with van der Waals surface area (Å²) in [5.74, 6) is 0. The van der Waals surface area contributed by atoms with E-state index in [0.29, 0.717) is 10.3 Å². The van der Waals surface area contributed by atoms with Crippen molar-refractivity contribution < 1.29 is 13.5 Å². The second-order valence-electron chi connectivity index (χ2n) is 5.53. The first-order chi connectivity index (χ1) is 9.45. The van der Waals surface area contributed by atoms with Crippen molar-refractivity contribution in [1.29, 1.82) is 0 Å². The molecule has 20 heavy (non-hydrogen) atoms.